The molecule has 0 rings (SSSR count). The Morgan fingerprint density at radius 2 is 1.50 bits per heavy atom. The molecule has 0 heterocycles. The van der Waals surface area contributed by atoms with Crippen molar-refractivity contribution in [2.24, 2.45) is 5.41 Å². The summed E-state index contributed by atoms with van der Waals surface area (Å²) in [5, 5.41) is 26.1. The van der Waals surface area contributed by atoms with Crippen molar-refractivity contribution < 1.29 is 41.7 Å². The third-order valence-electron chi connectivity index (χ3n) is 1.48. The quantitative estimate of drug-likeness (QED) is 0.485. The summed E-state index contributed by atoms with van der Waals surface area (Å²) in [6, 6.07) is 0. The molecule has 0 amide bonds. The van der Waals surface area contributed by atoms with E-state index < -0.39 is 40.6 Å². The molecule has 0 saturated carbocycles. The SMILES string of the molecule is [O]=[V](=[O])[O]CC(CO)(CO)CO. The molecule has 3 N–H and O–H groups in total. The summed E-state index contributed by atoms with van der Waals surface area (Å²) in [5.74, 6) is 0. The third-order valence-corrected chi connectivity index (χ3v) is 2.01. The van der Waals surface area contributed by atoms with E-state index in [1.807, 2.05) is 0 Å². The van der Waals surface area contributed by atoms with Crippen LogP contribution in [0.15, 0.2) is 0 Å². The Balaban J connectivity index is 4.10. The maximum absolute atomic E-state index is 10.0. The molecule has 0 bridgehead atoms. The van der Waals surface area contributed by atoms with Crippen LogP contribution in [0, 0.1) is 5.41 Å². The van der Waals surface area contributed by atoms with Crippen LogP contribution in [0.5, 0.6) is 0 Å². The van der Waals surface area contributed by atoms with Crippen molar-refractivity contribution in [2.45, 2.75) is 0 Å². The predicted octanol–water partition coefficient (Wildman–Crippen LogP) is -1.81. The van der Waals surface area contributed by atoms with Crippen molar-refractivity contribution in [3.8, 4) is 0 Å². The van der Waals surface area contributed by atoms with Crippen molar-refractivity contribution >= 4 is 0 Å². The molecule has 12 heavy (non-hydrogen) atoms. The Kier molecular flexibility index (Phi) is 5.64. The summed E-state index contributed by atoms with van der Waals surface area (Å²) in [6.45, 7) is -1.96. The van der Waals surface area contributed by atoms with E-state index >= 15 is 0 Å². The van der Waals surface area contributed by atoms with Crippen LogP contribution in [0.3, 0.4) is 0 Å². The molecule has 0 fully saturated rings. The van der Waals surface area contributed by atoms with Gasteiger partial charge in [0.25, 0.3) is 0 Å². The maximum atomic E-state index is 10.0. The van der Waals surface area contributed by atoms with Gasteiger partial charge in [0, 0.05) is 0 Å². The third kappa shape index (κ3) is 3.62. The van der Waals surface area contributed by atoms with Crippen LogP contribution in [-0.2, 0) is 26.4 Å². The fraction of sp³-hybridized carbons (Fsp3) is 1.00. The van der Waals surface area contributed by atoms with E-state index in [9.17, 15) is 7.35 Å². The van der Waals surface area contributed by atoms with E-state index in [1.54, 1.807) is 0 Å². The number of aliphatic hydroxyl groups excluding tert-OH is 3. The summed E-state index contributed by atoms with van der Waals surface area (Å²) >= 11 is -3.70. The van der Waals surface area contributed by atoms with Gasteiger partial charge in [0.15, 0.2) is 0 Å². The molecule has 6 nitrogen and oxygen atoms in total. The van der Waals surface area contributed by atoms with Crippen LogP contribution >= 0.6 is 0 Å². The first-order valence-corrected chi connectivity index (χ1v) is 4.91. The molecule has 0 aromatic carbocycles. The van der Waals surface area contributed by atoms with Gasteiger partial charge in [-0.15, -0.1) is 0 Å². The number of rotatable bonds is 6. The van der Waals surface area contributed by atoms with Crippen molar-refractivity contribution in [3.63, 3.8) is 0 Å². The molecule has 0 aliphatic rings. The van der Waals surface area contributed by atoms with Crippen LogP contribution in [0.25, 0.3) is 0 Å². The first kappa shape index (κ1) is 12.0. The van der Waals surface area contributed by atoms with E-state index in [0.29, 0.717) is 0 Å². The Hall–Kier alpha value is 0.0244. The summed E-state index contributed by atoms with van der Waals surface area (Å²) < 4.78 is 24.3. The molecule has 0 unspecified atom stereocenters. The normalized spacial score (nSPS) is 11.6. The van der Waals surface area contributed by atoms with Gasteiger partial charge in [-0.25, -0.2) is 0 Å². The number of aliphatic hydroxyl groups is 3. The fourth-order valence-corrected chi connectivity index (χ4v) is 1.07. The summed E-state index contributed by atoms with van der Waals surface area (Å²) in [5.41, 5.74) is -1.26. The van der Waals surface area contributed by atoms with Crippen LogP contribution in [0.4, 0.5) is 0 Å². The van der Waals surface area contributed by atoms with Gasteiger partial charge in [-0.2, -0.15) is 0 Å². The van der Waals surface area contributed by atoms with Crippen molar-refractivity contribution in [1.29, 1.82) is 0 Å². The molecule has 0 atom stereocenters. The van der Waals surface area contributed by atoms with Gasteiger partial charge in [-0.1, -0.05) is 0 Å². The monoisotopic (exact) mass is 218 g/mol. The van der Waals surface area contributed by atoms with Gasteiger partial charge in [0.2, 0.25) is 0 Å². The van der Waals surface area contributed by atoms with Gasteiger partial charge in [0.1, 0.15) is 0 Å². The summed E-state index contributed by atoms with van der Waals surface area (Å²) in [7, 11) is 0. The second-order valence-electron chi connectivity index (χ2n) is 2.47. The Morgan fingerprint density at radius 1 is 1.08 bits per heavy atom. The topological polar surface area (TPSA) is 104 Å². The molecule has 72 valence electrons. The van der Waals surface area contributed by atoms with Gasteiger partial charge < -0.3 is 0 Å². The first-order chi connectivity index (χ1) is 5.60. The van der Waals surface area contributed by atoms with E-state index in [-0.39, 0.29) is 6.61 Å². The molecule has 0 aliphatic heterocycles. The summed E-state index contributed by atoms with van der Waals surface area (Å²) in [4.78, 5) is 0. The molecule has 7 heteroatoms. The first-order valence-electron chi connectivity index (χ1n) is 3.20. The molecule has 0 radical (unpaired) electrons. The van der Waals surface area contributed by atoms with Gasteiger partial charge in [-0.05, 0) is 0 Å². The zero-order valence-corrected chi connectivity index (χ0v) is 7.74. The second-order valence-corrected chi connectivity index (χ2v) is 3.57. The fourth-order valence-electron chi connectivity index (χ4n) is 0.477. The molecule has 0 saturated heterocycles. The van der Waals surface area contributed by atoms with Crippen LogP contribution in [0.1, 0.15) is 0 Å². The Labute approximate surface area is 74.1 Å². The zero-order valence-electron chi connectivity index (χ0n) is 6.34. The molecule has 0 spiro atoms. The minimum atomic E-state index is -3.70. The summed E-state index contributed by atoms with van der Waals surface area (Å²) in [6.07, 6.45) is 0. The minimum absolute atomic E-state index is 0.385. The van der Waals surface area contributed by atoms with E-state index in [0.717, 1.165) is 0 Å². The zero-order chi connectivity index (χ0) is 9.61. The van der Waals surface area contributed by atoms with Crippen molar-refractivity contribution in [2.75, 3.05) is 26.4 Å². The average molecular weight is 218 g/mol. The molecule has 0 aliphatic carbocycles. The standard InChI is InChI=1S/C5H11O4.2O.V/c6-1-5(2-7,3-8)4-9;;;/h6-8H,1-4H2;;;/q-1;;;+1. The van der Waals surface area contributed by atoms with Crippen molar-refractivity contribution in [1.82, 2.24) is 0 Å². The van der Waals surface area contributed by atoms with Crippen LogP contribution in [0.2, 0.25) is 0 Å². The van der Waals surface area contributed by atoms with Crippen LogP contribution in [-0.4, -0.2) is 41.7 Å². The predicted molar refractivity (Wildman–Crippen MR) is 31.0 cm³/mol. The van der Waals surface area contributed by atoms with Gasteiger partial charge in [0.05, 0.1) is 0 Å². The Bertz CT molecular complexity index is 168. The second kappa shape index (κ2) is 5.63. The van der Waals surface area contributed by atoms with Crippen LogP contribution < -0.4 is 0 Å². The van der Waals surface area contributed by atoms with E-state index in [4.69, 9.17) is 15.3 Å². The molecular weight excluding hydrogens is 207 g/mol. The number of hydrogen-bond donors (Lipinski definition) is 3. The average Bonchev–Trinajstić information content (AvgIpc) is 2.08. The van der Waals surface area contributed by atoms with E-state index in [1.165, 1.54) is 0 Å². The van der Waals surface area contributed by atoms with Crippen molar-refractivity contribution in [3.05, 3.63) is 0 Å². The number of hydrogen-bond acceptors (Lipinski definition) is 6. The van der Waals surface area contributed by atoms with Gasteiger partial charge in [-0.3, -0.25) is 0 Å². The van der Waals surface area contributed by atoms with E-state index in [2.05, 4.69) is 3.66 Å². The van der Waals surface area contributed by atoms with Gasteiger partial charge >= 0.3 is 73.6 Å². The molecule has 0 aromatic rings. The molecule has 0 aromatic heterocycles. The Morgan fingerprint density at radius 3 is 1.75 bits per heavy atom. The molecular formula is C5H11O6V.